The van der Waals surface area contributed by atoms with Crippen molar-refractivity contribution in [2.45, 2.75) is 0 Å². The molecular formula is C11H16ClFN4O. The second-order valence-corrected chi connectivity index (χ2v) is 3.84. The molecule has 1 aromatic heterocycles. The summed E-state index contributed by atoms with van der Waals surface area (Å²) in [4.78, 5) is 17.2. The largest absolute Gasteiger partial charge is 0.365 e. The molecule has 0 bridgehead atoms. The number of hydrogen-bond donors (Lipinski definition) is 2. The predicted octanol–water partition coefficient (Wildman–Crippen LogP) is 0.412. The fourth-order valence-corrected chi connectivity index (χ4v) is 1.81. The van der Waals surface area contributed by atoms with Crippen molar-refractivity contribution >= 4 is 24.0 Å². The van der Waals surface area contributed by atoms with Crippen molar-refractivity contribution in [1.82, 2.24) is 15.6 Å². The lowest BCUT2D eigenvalue weighted by atomic mass is 10.2. The normalized spacial score (nSPS) is 14.9. The number of aromatic nitrogens is 1. The fraction of sp³-hybridized carbons (Fsp3) is 0.455. The van der Waals surface area contributed by atoms with E-state index in [4.69, 9.17) is 0 Å². The number of anilines is 1. The highest BCUT2D eigenvalue weighted by atomic mass is 35.5. The topological polar surface area (TPSA) is 57.3 Å². The summed E-state index contributed by atoms with van der Waals surface area (Å²) in [6, 6.07) is 1.18. The van der Waals surface area contributed by atoms with E-state index in [1.807, 2.05) is 4.90 Å². The van der Waals surface area contributed by atoms with Crippen LogP contribution in [0.25, 0.3) is 0 Å². The van der Waals surface area contributed by atoms with Crippen LogP contribution in [0.5, 0.6) is 0 Å². The summed E-state index contributed by atoms with van der Waals surface area (Å²) < 4.78 is 13.8. The molecule has 2 heterocycles. The van der Waals surface area contributed by atoms with E-state index in [1.165, 1.54) is 19.3 Å². The third-order valence-corrected chi connectivity index (χ3v) is 2.75. The highest BCUT2D eigenvalue weighted by molar-refractivity contribution is 5.92. The van der Waals surface area contributed by atoms with E-state index in [9.17, 15) is 9.18 Å². The third-order valence-electron chi connectivity index (χ3n) is 2.75. The van der Waals surface area contributed by atoms with Crippen molar-refractivity contribution < 1.29 is 9.18 Å². The molecule has 100 valence electrons. The Morgan fingerprint density at radius 2 is 2.17 bits per heavy atom. The van der Waals surface area contributed by atoms with E-state index < -0.39 is 5.82 Å². The lowest BCUT2D eigenvalue weighted by Gasteiger charge is -2.29. The van der Waals surface area contributed by atoms with Gasteiger partial charge >= 0.3 is 0 Å². The van der Waals surface area contributed by atoms with Crippen molar-refractivity contribution in [2.75, 3.05) is 38.1 Å². The Morgan fingerprint density at radius 3 is 2.72 bits per heavy atom. The van der Waals surface area contributed by atoms with E-state index in [0.29, 0.717) is 5.69 Å². The summed E-state index contributed by atoms with van der Waals surface area (Å²) in [5.74, 6) is -0.781. The molecular weight excluding hydrogens is 259 g/mol. The zero-order valence-electron chi connectivity index (χ0n) is 10.1. The molecule has 0 saturated carbocycles. The number of amides is 1. The Labute approximate surface area is 111 Å². The van der Waals surface area contributed by atoms with Gasteiger partial charge in [0.25, 0.3) is 5.91 Å². The van der Waals surface area contributed by atoms with Gasteiger partial charge in [0.1, 0.15) is 11.5 Å². The molecule has 1 aromatic rings. The van der Waals surface area contributed by atoms with Gasteiger partial charge in [0, 0.05) is 39.3 Å². The molecule has 0 aliphatic carbocycles. The van der Waals surface area contributed by atoms with Gasteiger partial charge in [0.2, 0.25) is 0 Å². The average Bonchev–Trinajstić information content (AvgIpc) is 2.38. The minimum Gasteiger partial charge on any atom is -0.365 e. The summed E-state index contributed by atoms with van der Waals surface area (Å²) in [6.07, 6.45) is 1.42. The Kier molecular flexibility index (Phi) is 5.30. The number of rotatable bonds is 2. The van der Waals surface area contributed by atoms with Gasteiger partial charge in [-0.05, 0) is 0 Å². The summed E-state index contributed by atoms with van der Waals surface area (Å²) in [5, 5.41) is 5.61. The standard InChI is InChI=1S/C11H15FN4O.ClH/c1-13-11(17)9-6-8(12)10(7-15-9)16-4-2-14-3-5-16;/h6-7,14H,2-5H2,1H3,(H,13,17);1H. The Balaban J connectivity index is 0.00000162. The first-order chi connectivity index (χ1) is 8.22. The Morgan fingerprint density at radius 1 is 1.50 bits per heavy atom. The van der Waals surface area contributed by atoms with Gasteiger partial charge < -0.3 is 15.5 Å². The molecule has 1 amide bonds. The van der Waals surface area contributed by atoms with Gasteiger partial charge in [-0.25, -0.2) is 9.37 Å². The number of pyridine rings is 1. The van der Waals surface area contributed by atoms with E-state index in [0.717, 1.165) is 26.2 Å². The van der Waals surface area contributed by atoms with Crippen molar-refractivity contribution in [3.05, 3.63) is 23.8 Å². The third kappa shape index (κ3) is 3.08. The molecule has 1 saturated heterocycles. The van der Waals surface area contributed by atoms with Crippen molar-refractivity contribution in [2.24, 2.45) is 0 Å². The average molecular weight is 275 g/mol. The molecule has 1 aliphatic heterocycles. The number of carbonyl (C=O) groups excluding carboxylic acids is 1. The second kappa shape index (κ2) is 6.51. The first-order valence-corrected chi connectivity index (χ1v) is 5.55. The van der Waals surface area contributed by atoms with Crippen LogP contribution in [0.15, 0.2) is 12.3 Å². The molecule has 1 fully saturated rings. The maximum absolute atomic E-state index is 13.8. The second-order valence-electron chi connectivity index (χ2n) is 3.84. The van der Waals surface area contributed by atoms with Crippen LogP contribution >= 0.6 is 12.4 Å². The maximum atomic E-state index is 13.8. The summed E-state index contributed by atoms with van der Waals surface area (Å²) >= 11 is 0. The Bertz CT molecular complexity index is 424. The monoisotopic (exact) mass is 274 g/mol. The summed E-state index contributed by atoms with van der Waals surface area (Å²) in [7, 11) is 1.49. The molecule has 0 atom stereocenters. The number of nitrogens with zero attached hydrogens (tertiary/aromatic N) is 2. The van der Waals surface area contributed by atoms with Crippen molar-refractivity contribution in [3.63, 3.8) is 0 Å². The van der Waals surface area contributed by atoms with E-state index >= 15 is 0 Å². The van der Waals surface area contributed by atoms with Crippen LogP contribution in [0.1, 0.15) is 10.5 Å². The molecule has 0 radical (unpaired) electrons. The zero-order chi connectivity index (χ0) is 12.3. The number of carbonyl (C=O) groups is 1. The van der Waals surface area contributed by atoms with Gasteiger partial charge in [-0.15, -0.1) is 12.4 Å². The molecule has 1 aliphatic rings. The van der Waals surface area contributed by atoms with Gasteiger partial charge in [-0.3, -0.25) is 4.79 Å². The fourth-order valence-electron chi connectivity index (χ4n) is 1.81. The number of nitrogens with one attached hydrogen (secondary N) is 2. The molecule has 0 aromatic carbocycles. The van der Waals surface area contributed by atoms with Gasteiger partial charge in [0.05, 0.1) is 11.9 Å². The predicted molar refractivity (Wildman–Crippen MR) is 69.9 cm³/mol. The SMILES string of the molecule is CNC(=O)c1cc(F)c(N2CCNCC2)cn1.Cl. The van der Waals surface area contributed by atoms with Crippen LogP contribution in [0, 0.1) is 5.82 Å². The van der Waals surface area contributed by atoms with E-state index in [1.54, 1.807) is 0 Å². The van der Waals surface area contributed by atoms with Crippen LogP contribution in [0.4, 0.5) is 10.1 Å². The zero-order valence-corrected chi connectivity index (χ0v) is 10.9. The molecule has 2 rings (SSSR count). The first-order valence-electron chi connectivity index (χ1n) is 5.55. The van der Waals surface area contributed by atoms with Crippen molar-refractivity contribution in [1.29, 1.82) is 0 Å². The smallest absolute Gasteiger partial charge is 0.269 e. The van der Waals surface area contributed by atoms with Gasteiger partial charge in [-0.2, -0.15) is 0 Å². The lowest BCUT2D eigenvalue weighted by molar-refractivity contribution is 0.0957. The summed E-state index contributed by atoms with van der Waals surface area (Å²) in [6.45, 7) is 3.16. The van der Waals surface area contributed by atoms with E-state index in [-0.39, 0.29) is 24.0 Å². The minimum absolute atomic E-state index is 0. The quantitative estimate of drug-likeness (QED) is 0.820. The van der Waals surface area contributed by atoms with Crippen LogP contribution in [0.3, 0.4) is 0 Å². The first kappa shape index (κ1) is 14.7. The summed E-state index contributed by atoms with van der Waals surface area (Å²) in [5.41, 5.74) is 0.558. The molecule has 0 spiro atoms. The van der Waals surface area contributed by atoms with E-state index in [2.05, 4.69) is 15.6 Å². The lowest BCUT2D eigenvalue weighted by Crippen LogP contribution is -2.44. The number of hydrogen-bond acceptors (Lipinski definition) is 4. The highest BCUT2D eigenvalue weighted by Gasteiger charge is 2.16. The van der Waals surface area contributed by atoms with Crippen LogP contribution < -0.4 is 15.5 Å². The number of piperazine rings is 1. The Hall–Kier alpha value is -1.40. The molecule has 2 N–H and O–H groups in total. The van der Waals surface area contributed by atoms with Crippen LogP contribution in [-0.4, -0.2) is 44.1 Å². The molecule has 0 unspecified atom stereocenters. The van der Waals surface area contributed by atoms with Crippen LogP contribution in [-0.2, 0) is 0 Å². The maximum Gasteiger partial charge on any atom is 0.269 e. The highest BCUT2D eigenvalue weighted by Crippen LogP contribution is 2.19. The minimum atomic E-state index is -0.402. The molecule has 7 heteroatoms. The van der Waals surface area contributed by atoms with Gasteiger partial charge in [-0.1, -0.05) is 0 Å². The van der Waals surface area contributed by atoms with Gasteiger partial charge in [0.15, 0.2) is 0 Å². The van der Waals surface area contributed by atoms with Crippen molar-refractivity contribution in [3.8, 4) is 0 Å². The number of halogens is 2. The molecule has 5 nitrogen and oxygen atoms in total. The molecule has 18 heavy (non-hydrogen) atoms. The van der Waals surface area contributed by atoms with Crippen LogP contribution in [0.2, 0.25) is 0 Å².